The van der Waals surface area contributed by atoms with Gasteiger partial charge in [0.05, 0.1) is 14.0 Å². The lowest BCUT2D eigenvalue weighted by Crippen LogP contribution is -2.33. The molecule has 0 aromatic heterocycles. The van der Waals surface area contributed by atoms with Gasteiger partial charge in [0, 0.05) is 13.1 Å². The van der Waals surface area contributed by atoms with Crippen molar-refractivity contribution in [3.8, 4) is 0 Å². The maximum Gasteiger partial charge on any atom is 0.229 e. The fraction of sp³-hybridized carbons (Fsp3) is 0.900. The number of amides is 1. The van der Waals surface area contributed by atoms with Crippen LogP contribution in [-0.4, -0.2) is 36.2 Å². The molecule has 0 aliphatic rings. The van der Waals surface area contributed by atoms with Gasteiger partial charge in [-0.15, -0.1) is 0 Å². The molecular weight excluding hydrogens is 197 g/mol. The molecule has 3 nitrogen and oxygen atoms in total. The van der Waals surface area contributed by atoms with Crippen LogP contribution in [0.1, 0.15) is 33.6 Å². The average molecular weight is 219 g/mol. The van der Waals surface area contributed by atoms with Crippen LogP contribution < -0.4 is 0 Å². The third-order valence-electron chi connectivity index (χ3n) is 2.08. The second-order valence-corrected chi connectivity index (χ2v) is 5.59. The van der Waals surface area contributed by atoms with Crippen molar-refractivity contribution in [3.05, 3.63) is 0 Å². The molecule has 0 spiro atoms. The maximum absolute atomic E-state index is 11.6. The van der Waals surface area contributed by atoms with Crippen molar-refractivity contribution in [2.75, 3.05) is 25.4 Å². The Morgan fingerprint density at radius 3 is 2.00 bits per heavy atom. The first-order chi connectivity index (χ1) is 6.65. The normalized spacial score (nSPS) is 12.5. The van der Waals surface area contributed by atoms with E-state index in [1.54, 1.807) is 0 Å². The van der Waals surface area contributed by atoms with Crippen molar-refractivity contribution in [2.45, 2.75) is 33.6 Å². The first-order valence-electron chi connectivity index (χ1n) is 5.45. The highest BCUT2D eigenvalue weighted by molar-refractivity contribution is 7.45. The van der Waals surface area contributed by atoms with Gasteiger partial charge in [0.15, 0.2) is 0 Å². The van der Waals surface area contributed by atoms with Gasteiger partial charge >= 0.3 is 0 Å². The summed E-state index contributed by atoms with van der Waals surface area (Å²) in [4.78, 5) is 13.5. The van der Waals surface area contributed by atoms with E-state index in [1.807, 2.05) is 11.8 Å². The van der Waals surface area contributed by atoms with Gasteiger partial charge in [-0.25, -0.2) is 0 Å². The van der Waals surface area contributed by atoms with E-state index in [0.29, 0.717) is 6.16 Å². The molecule has 0 bridgehead atoms. The Kier molecular flexibility index (Phi) is 7.87. The molecule has 0 heterocycles. The first-order valence-corrected chi connectivity index (χ1v) is 7.27. The Bertz CT molecular complexity index is 189. The highest BCUT2D eigenvalue weighted by atomic mass is 31.1. The quantitative estimate of drug-likeness (QED) is 0.616. The molecule has 0 N–H and O–H groups in total. The van der Waals surface area contributed by atoms with Crippen LogP contribution >= 0.6 is 7.80 Å². The number of hydrogen-bond donors (Lipinski definition) is 0. The Morgan fingerprint density at radius 1 is 1.14 bits per heavy atom. The van der Waals surface area contributed by atoms with Crippen LogP contribution in [0.15, 0.2) is 0 Å². The molecule has 0 rings (SSSR count). The van der Waals surface area contributed by atoms with Crippen LogP contribution in [0.5, 0.6) is 0 Å². The molecular formula is C10H22NO2P. The smallest absolute Gasteiger partial charge is 0.229 e. The molecule has 84 valence electrons. The van der Waals surface area contributed by atoms with E-state index in [9.17, 15) is 9.36 Å². The van der Waals surface area contributed by atoms with E-state index >= 15 is 0 Å². The van der Waals surface area contributed by atoms with Crippen LogP contribution in [0.4, 0.5) is 0 Å². The average Bonchev–Trinajstić information content (AvgIpc) is 2.17. The number of carbonyl (C=O) groups excluding carboxylic acids is 1. The van der Waals surface area contributed by atoms with E-state index < -0.39 is 7.80 Å². The summed E-state index contributed by atoms with van der Waals surface area (Å²) in [6.45, 7) is 7.58. The minimum absolute atomic E-state index is 0.0689. The number of hydrogen-bond acceptors (Lipinski definition) is 2. The number of carbonyl (C=O) groups is 1. The molecule has 0 saturated heterocycles. The Labute approximate surface area is 87.6 Å². The zero-order valence-electron chi connectivity index (χ0n) is 9.51. The van der Waals surface area contributed by atoms with Gasteiger partial charge in [0.25, 0.3) is 0 Å². The van der Waals surface area contributed by atoms with Crippen molar-refractivity contribution in [2.24, 2.45) is 0 Å². The minimum atomic E-state index is -1.65. The second kappa shape index (κ2) is 8.05. The molecule has 0 aromatic rings. The fourth-order valence-electron chi connectivity index (χ4n) is 1.31. The molecule has 0 aliphatic heterocycles. The molecule has 14 heavy (non-hydrogen) atoms. The maximum atomic E-state index is 11.6. The van der Waals surface area contributed by atoms with E-state index in [4.69, 9.17) is 0 Å². The van der Waals surface area contributed by atoms with Crippen LogP contribution in [-0.2, 0) is 9.36 Å². The summed E-state index contributed by atoms with van der Waals surface area (Å²) >= 11 is 0. The highest BCUT2D eigenvalue weighted by Gasteiger charge is 2.13. The highest BCUT2D eigenvalue weighted by Crippen LogP contribution is 2.19. The van der Waals surface area contributed by atoms with E-state index in [-0.39, 0.29) is 12.1 Å². The Morgan fingerprint density at radius 2 is 1.64 bits per heavy atom. The van der Waals surface area contributed by atoms with Gasteiger partial charge in [-0.05, 0) is 19.0 Å². The van der Waals surface area contributed by atoms with Crippen molar-refractivity contribution in [3.63, 3.8) is 0 Å². The third-order valence-corrected chi connectivity index (χ3v) is 3.57. The van der Waals surface area contributed by atoms with Gasteiger partial charge in [0.1, 0.15) is 0 Å². The van der Waals surface area contributed by atoms with Crippen LogP contribution in [0, 0.1) is 0 Å². The van der Waals surface area contributed by atoms with Gasteiger partial charge in [-0.1, -0.05) is 20.8 Å². The van der Waals surface area contributed by atoms with E-state index in [1.165, 1.54) is 0 Å². The lowest BCUT2D eigenvalue weighted by molar-refractivity contribution is -0.128. The van der Waals surface area contributed by atoms with E-state index in [2.05, 4.69) is 13.8 Å². The zero-order valence-corrected chi connectivity index (χ0v) is 10.5. The molecule has 0 saturated carbocycles. The fourth-order valence-corrected chi connectivity index (χ4v) is 2.12. The predicted molar refractivity (Wildman–Crippen MR) is 61.6 cm³/mol. The number of nitrogens with zero attached hydrogens (tertiary/aromatic N) is 1. The van der Waals surface area contributed by atoms with Crippen molar-refractivity contribution in [1.82, 2.24) is 4.90 Å². The molecule has 0 aromatic carbocycles. The first kappa shape index (κ1) is 13.7. The lowest BCUT2D eigenvalue weighted by atomic mass is 10.3. The summed E-state index contributed by atoms with van der Waals surface area (Å²) < 4.78 is 11.3. The Hall–Kier alpha value is -0.300. The van der Waals surface area contributed by atoms with Gasteiger partial charge in [-0.2, -0.15) is 0 Å². The van der Waals surface area contributed by atoms with Crippen molar-refractivity contribution < 1.29 is 9.36 Å². The van der Waals surface area contributed by atoms with Crippen LogP contribution in [0.3, 0.4) is 0 Å². The molecule has 1 unspecified atom stereocenters. The molecule has 0 radical (unpaired) electrons. The predicted octanol–water partition coefficient (Wildman–Crippen LogP) is 2.21. The summed E-state index contributed by atoms with van der Waals surface area (Å²) in [5.74, 6) is 0.0689. The summed E-state index contributed by atoms with van der Waals surface area (Å²) in [6, 6.07) is 0. The SMILES string of the molecule is CCCN(CCC)C(=O)C[PH](=O)CC. The van der Waals surface area contributed by atoms with Gasteiger partial charge in [0.2, 0.25) is 5.91 Å². The van der Waals surface area contributed by atoms with Crippen molar-refractivity contribution in [1.29, 1.82) is 0 Å². The largest absolute Gasteiger partial charge is 0.342 e. The third kappa shape index (κ3) is 5.43. The van der Waals surface area contributed by atoms with Gasteiger partial charge in [-0.3, -0.25) is 4.79 Å². The summed E-state index contributed by atoms with van der Waals surface area (Å²) in [5.41, 5.74) is 0. The lowest BCUT2D eigenvalue weighted by Gasteiger charge is -2.21. The molecule has 4 heteroatoms. The number of rotatable bonds is 7. The van der Waals surface area contributed by atoms with Crippen LogP contribution in [0.2, 0.25) is 0 Å². The topological polar surface area (TPSA) is 37.4 Å². The second-order valence-electron chi connectivity index (χ2n) is 3.45. The van der Waals surface area contributed by atoms with Crippen LogP contribution in [0.25, 0.3) is 0 Å². The Balaban J connectivity index is 4.06. The summed E-state index contributed by atoms with van der Waals surface area (Å²) in [5, 5.41) is 0. The molecule has 1 amide bonds. The minimum Gasteiger partial charge on any atom is -0.342 e. The monoisotopic (exact) mass is 219 g/mol. The molecule has 0 aliphatic carbocycles. The standard InChI is InChI=1S/C10H22NO2P/c1-4-7-11(8-5-2)10(12)9-14(13)6-3/h14H,4-9H2,1-3H3. The van der Waals surface area contributed by atoms with Gasteiger partial charge < -0.3 is 9.46 Å². The summed E-state index contributed by atoms with van der Waals surface area (Å²) in [7, 11) is -1.65. The molecule has 0 fully saturated rings. The van der Waals surface area contributed by atoms with Crippen molar-refractivity contribution >= 4 is 13.7 Å². The zero-order chi connectivity index (χ0) is 11.0. The molecule has 1 atom stereocenters. The summed E-state index contributed by atoms with van der Waals surface area (Å²) in [6.07, 6.45) is 2.85. The van der Waals surface area contributed by atoms with E-state index in [0.717, 1.165) is 25.9 Å².